The first-order valence-electron chi connectivity index (χ1n) is 6.05. The minimum atomic E-state index is -0.600. The Kier molecular flexibility index (Phi) is 5.16. The number of rotatable bonds is 5. The van der Waals surface area contributed by atoms with Crippen LogP contribution >= 0.6 is 0 Å². The molecule has 0 amide bonds. The Hall–Kier alpha value is -1.35. The van der Waals surface area contributed by atoms with Crippen molar-refractivity contribution in [3.63, 3.8) is 0 Å². The average molecular weight is 235 g/mol. The minimum absolute atomic E-state index is 0.00440. The van der Waals surface area contributed by atoms with E-state index in [1.165, 1.54) is 0 Å². The lowest BCUT2D eigenvalue weighted by Gasteiger charge is -2.26. The Morgan fingerprint density at radius 1 is 1.29 bits per heavy atom. The number of carbonyl (C=O) groups is 1. The molecule has 2 N–H and O–H groups in total. The van der Waals surface area contributed by atoms with Gasteiger partial charge >= 0.3 is 5.97 Å². The molecular formula is C14H21NO2. The summed E-state index contributed by atoms with van der Waals surface area (Å²) in [6.45, 7) is 6.29. The van der Waals surface area contributed by atoms with Crippen molar-refractivity contribution in [2.45, 2.75) is 32.7 Å². The largest absolute Gasteiger partial charge is 0.465 e. The van der Waals surface area contributed by atoms with E-state index in [1.807, 2.05) is 30.3 Å². The van der Waals surface area contributed by atoms with Crippen LogP contribution in [0.5, 0.6) is 0 Å². The molecule has 1 aromatic rings. The highest BCUT2D eigenvalue weighted by Gasteiger charge is 2.29. The van der Waals surface area contributed by atoms with Crippen molar-refractivity contribution in [1.29, 1.82) is 0 Å². The van der Waals surface area contributed by atoms with Gasteiger partial charge in [0.1, 0.15) is 6.04 Å². The van der Waals surface area contributed by atoms with E-state index in [4.69, 9.17) is 10.5 Å². The van der Waals surface area contributed by atoms with Crippen LogP contribution in [-0.4, -0.2) is 18.6 Å². The summed E-state index contributed by atoms with van der Waals surface area (Å²) in [5.41, 5.74) is 7.09. The van der Waals surface area contributed by atoms with Gasteiger partial charge in [-0.05, 0) is 18.4 Å². The Balaban J connectivity index is 2.90. The molecule has 2 atom stereocenters. The lowest BCUT2D eigenvalue weighted by Crippen LogP contribution is -2.40. The van der Waals surface area contributed by atoms with Crippen molar-refractivity contribution in [2.75, 3.05) is 6.61 Å². The van der Waals surface area contributed by atoms with Gasteiger partial charge in [-0.25, -0.2) is 0 Å². The molecule has 0 radical (unpaired) electrons. The van der Waals surface area contributed by atoms with Gasteiger partial charge in [-0.1, -0.05) is 44.2 Å². The number of ether oxygens (including phenoxy) is 1. The summed E-state index contributed by atoms with van der Waals surface area (Å²) in [6.07, 6.45) is 0. The summed E-state index contributed by atoms with van der Waals surface area (Å²) in [5.74, 6) is -0.0397. The van der Waals surface area contributed by atoms with Gasteiger partial charge in [0.05, 0.1) is 6.61 Å². The molecule has 0 saturated heterocycles. The van der Waals surface area contributed by atoms with Gasteiger partial charge in [-0.2, -0.15) is 0 Å². The molecule has 17 heavy (non-hydrogen) atoms. The topological polar surface area (TPSA) is 52.3 Å². The quantitative estimate of drug-likeness (QED) is 0.797. The average Bonchev–Trinajstić information content (AvgIpc) is 2.30. The number of hydrogen-bond donors (Lipinski definition) is 1. The molecule has 0 aliphatic rings. The number of carbonyl (C=O) groups excluding carboxylic acids is 1. The third kappa shape index (κ3) is 3.56. The predicted molar refractivity (Wildman–Crippen MR) is 68.6 cm³/mol. The highest BCUT2D eigenvalue weighted by Crippen LogP contribution is 2.27. The number of esters is 1. The van der Waals surface area contributed by atoms with Crippen LogP contribution in [0.25, 0.3) is 0 Å². The molecule has 0 saturated carbocycles. The predicted octanol–water partition coefficient (Wildman–Crippen LogP) is 2.32. The van der Waals surface area contributed by atoms with Crippen molar-refractivity contribution >= 4 is 5.97 Å². The van der Waals surface area contributed by atoms with Crippen molar-refractivity contribution in [2.24, 2.45) is 11.7 Å². The molecule has 0 bridgehead atoms. The first kappa shape index (κ1) is 13.7. The Morgan fingerprint density at radius 2 is 1.88 bits per heavy atom. The summed E-state index contributed by atoms with van der Waals surface area (Å²) in [5, 5.41) is 0. The second-order valence-corrected chi connectivity index (χ2v) is 4.46. The number of nitrogens with two attached hydrogens (primary N) is 1. The molecule has 1 rings (SSSR count). The summed E-state index contributed by atoms with van der Waals surface area (Å²) < 4.78 is 4.99. The van der Waals surface area contributed by atoms with Gasteiger partial charge in [0.2, 0.25) is 0 Å². The first-order chi connectivity index (χ1) is 8.07. The van der Waals surface area contributed by atoms with Crippen molar-refractivity contribution in [3.05, 3.63) is 35.9 Å². The van der Waals surface area contributed by atoms with E-state index in [-0.39, 0.29) is 17.8 Å². The maximum atomic E-state index is 11.7. The normalized spacial score (nSPS) is 14.4. The van der Waals surface area contributed by atoms with Gasteiger partial charge in [0.25, 0.3) is 0 Å². The van der Waals surface area contributed by atoms with Crippen LogP contribution in [0.1, 0.15) is 32.3 Å². The molecule has 2 unspecified atom stereocenters. The molecule has 0 fully saturated rings. The molecule has 3 nitrogen and oxygen atoms in total. The van der Waals surface area contributed by atoms with Crippen LogP contribution in [0.3, 0.4) is 0 Å². The molecule has 0 aliphatic carbocycles. The highest BCUT2D eigenvalue weighted by atomic mass is 16.5. The number of benzene rings is 1. The summed E-state index contributed by atoms with van der Waals surface area (Å²) in [4.78, 5) is 11.7. The zero-order valence-corrected chi connectivity index (χ0v) is 10.7. The molecule has 0 heterocycles. The number of hydrogen-bond acceptors (Lipinski definition) is 3. The molecule has 94 valence electrons. The smallest absolute Gasteiger partial charge is 0.323 e. The van der Waals surface area contributed by atoms with Crippen molar-refractivity contribution < 1.29 is 9.53 Å². The molecule has 3 heteroatoms. The minimum Gasteiger partial charge on any atom is -0.465 e. The molecule has 0 spiro atoms. The van der Waals surface area contributed by atoms with E-state index < -0.39 is 6.04 Å². The second kappa shape index (κ2) is 6.40. The second-order valence-electron chi connectivity index (χ2n) is 4.46. The summed E-state index contributed by atoms with van der Waals surface area (Å²) in [7, 11) is 0. The zero-order chi connectivity index (χ0) is 12.8. The lowest BCUT2D eigenvalue weighted by atomic mass is 9.83. The zero-order valence-electron chi connectivity index (χ0n) is 10.7. The van der Waals surface area contributed by atoms with Gasteiger partial charge in [-0.3, -0.25) is 4.79 Å². The SMILES string of the molecule is CCOC(=O)C(N)C(c1ccccc1)C(C)C. The van der Waals surface area contributed by atoms with Gasteiger partial charge < -0.3 is 10.5 Å². The lowest BCUT2D eigenvalue weighted by molar-refractivity contribution is -0.145. The Bertz CT molecular complexity index is 348. The van der Waals surface area contributed by atoms with Crippen molar-refractivity contribution in [1.82, 2.24) is 0 Å². The van der Waals surface area contributed by atoms with E-state index in [0.717, 1.165) is 5.56 Å². The van der Waals surface area contributed by atoms with E-state index in [0.29, 0.717) is 6.61 Å². The van der Waals surface area contributed by atoms with Gasteiger partial charge in [-0.15, -0.1) is 0 Å². The van der Waals surface area contributed by atoms with Gasteiger partial charge in [0, 0.05) is 5.92 Å². The standard InChI is InChI=1S/C14H21NO2/c1-4-17-14(16)13(15)12(10(2)3)11-8-6-5-7-9-11/h5-10,12-13H,4,15H2,1-3H3. The van der Waals surface area contributed by atoms with E-state index in [2.05, 4.69) is 13.8 Å². The van der Waals surface area contributed by atoms with Crippen molar-refractivity contribution in [3.8, 4) is 0 Å². The van der Waals surface area contributed by atoms with Crippen LogP contribution in [-0.2, 0) is 9.53 Å². The fourth-order valence-corrected chi connectivity index (χ4v) is 2.07. The monoisotopic (exact) mass is 235 g/mol. The third-order valence-electron chi connectivity index (χ3n) is 2.85. The van der Waals surface area contributed by atoms with E-state index in [9.17, 15) is 4.79 Å². The fraction of sp³-hybridized carbons (Fsp3) is 0.500. The summed E-state index contributed by atoms with van der Waals surface area (Å²) >= 11 is 0. The van der Waals surface area contributed by atoms with Crippen LogP contribution < -0.4 is 5.73 Å². The maximum absolute atomic E-state index is 11.7. The van der Waals surface area contributed by atoms with E-state index >= 15 is 0 Å². The van der Waals surface area contributed by atoms with Crippen LogP contribution in [0.15, 0.2) is 30.3 Å². The molecule has 0 aliphatic heterocycles. The third-order valence-corrected chi connectivity index (χ3v) is 2.85. The maximum Gasteiger partial charge on any atom is 0.323 e. The van der Waals surface area contributed by atoms with Crippen LogP contribution in [0.2, 0.25) is 0 Å². The van der Waals surface area contributed by atoms with Crippen LogP contribution in [0, 0.1) is 5.92 Å². The first-order valence-corrected chi connectivity index (χ1v) is 6.05. The van der Waals surface area contributed by atoms with Crippen LogP contribution in [0.4, 0.5) is 0 Å². The van der Waals surface area contributed by atoms with E-state index in [1.54, 1.807) is 6.92 Å². The Morgan fingerprint density at radius 3 is 2.35 bits per heavy atom. The Labute approximate surface area is 103 Å². The van der Waals surface area contributed by atoms with Gasteiger partial charge in [0.15, 0.2) is 0 Å². The fourth-order valence-electron chi connectivity index (χ4n) is 2.07. The summed E-state index contributed by atoms with van der Waals surface area (Å²) in [6, 6.07) is 9.28. The molecular weight excluding hydrogens is 214 g/mol. The molecule has 1 aromatic carbocycles. The molecule has 0 aromatic heterocycles. The highest BCUT2D eigenvalue weighted by molar-refractivity contribution is 5.77.